The van der Waals surface area contributed by atoms with Crippen molar-refractivity contribution < 1.29 is 17.9 Å². The van der Waals surface area contributed by atoms with Crippen molar-refractivity contribution in [1.29, 1.82) is 0 Å². The maximum Gasteiger partial charge on any atom is 0.409 e. The molecule has 1 aliphatic heterocycles. The summed E-state index contributed by atoms with van der Waals surface area (Å²) in [5.41, 5.74) is 2.58. The van der Waals surface area contributed by atoms with E-state index in [0.29, 0.717) is 24.5 Å². The van der Waals surface area contributed by atoms with Gasteiger partial charge in [-0.2, -0.15) is 0 Å². The smallest absolute Gasteiger partial charge is 0.409 e. The number of ether oxygens (including phenoxy) is 1. The second-order valence-electron chi connectivity index (χ2n) is 6.48. The number of piperidine rings is 1. The van der Waals surface area contributed by atoms with Gasteiger partial charge in [0.2, 0.25) is 10.0 Å². The fraction of sp³-hybridized carbons (Fsp3) is 0.588. The quantitative estimate of drug-likeness (QED) is 0.901. The molecular weight excluding hydrogens is 328 g/mol. The van der Waals surface area contributed by atoms with Crippen molar-refractivity contribution in [1.82, 2.24) is 9.62 Å². The lowest BCUT2D eigenvalue weighted by molar-refractivity contribution is 0.106. The molecule has 1 aliphatic rings. The molecule has 0 unspecified atom stereocenters. The number of nitrogens with zero attached hydrogens (tertiary/aromatic N) is 1. The monoisotopic (exact) mass is 354 g/mol. The summed E-state index contributed by atoms with van der Waals surface area (Å²) in [4.78, 5) is 13.5. The number of likely N-dealkylation sites (tertiary alicyclic amines) is 1. The first-order valence-corrected chi connectivity index (χ1v) is 9.63. The van der Waals surface area contributed by atoms with Crippen molar-refractivity contribution in [2.75, 3.05) is 26.7 Å². The van der Waals surface area contributed by atoms with Gasteiger partial charge in [0.1, 0.15) is 0 Å². The van der Waals surface area contributed by atoms with E-state index in [2.05, 4.69) is 4.72 Å². The number of sulfonamides is 1. The number of amides is 1. The first-order chi connectivity index (χ1) is 11.2. The first-order valence-electron chi connectivity index (χ1n) is 8.15. The molecule has 1 heterocycles. The predicted octanol–water partition coefficient (Wildman–Crippen LogP) is 2.37. The summed E-state index contributed by atoms with van der Waals surface area (Å²) in [7, 11) is -2.16. The molecule has 0 saturated carbocycles. The van der Waals surface area contributed by atoms with Crippen molar-refractivity contribution >= 4 is 16.1 Å². The van der Waals surface area contributed by atoms with Gasteiger partial charge in [-0.1, -0.05) is 17.7 Å². The molecule has 6 nitrogen and oxygen atoms in total. The molecule has 1 fully saturated rings. The Bertz CT molecular complexity index is 684. The van der Waals surface area contributed by atoms with Gasteiger partial charge in [0, 0.05) is 19.6 Å². The Morgan fingerprint density at radius 3 is 2.25 bits per heavy atom. The average molecular weight is 354 g/mol. The van der Waals surface area contributed by atoms with E-state index in [9.17, 15) is 13.2 Å². The van der Waals surface area contributed by atoms with E-state index in [-0.39, 0.29) is 12.0 Å². The van der Waals surface area contributed by atoms with E-state index in [1.165, 1.54) is 7.11 Å². The maximum absolute atomic E-state index is 12.7. The summed E-state index contributed by atoms with van der Waals surface area (Å²) in [5, 5.41) is 0. The van der Waals surface area contributed by atoms with Crippen molar-refractivity contribution in [3.8, 4) is 0 Å². The third-order valence-electron chi connectivity index (χ3n) is 4.48. The minimum atomic E-state index is -3.53. The topological polar surface area (TPSA) is 75.7 Å². The number of carbonyl (C=O) groups is 1. The molecule has 7 heteroatoms. The minimum Gasteiger partial charge on any atom is -0.453 e. The van der Waals surface area contributed by atoms with Crippen molar-refractivity contribution in [2.24, 2.45) is 5.92 Å². The van der Waals surface area contributed by atoms with E-state index >= 15 is 0 Å². The van der Waals surface area contributed by atoms with Crippen LogP contribution in [0.1, 0.15) is 29.5 Å². The summed E-state index contributed by atoms with van der Waals surface area (Å²) in [5.74, 6) is 0.228. The molecule has 1 saturated heterocycles. The van der Waals surface area contributed by atoms with Crippen LogP contribution in [0.2, 0.25) is 0 Å². The Balaban J connectivity index is 1.99. The Kier molecular flexibility index (Phi) is 5.87. The van der Waals surface area contributed by atoms with Crippen LogP contribution in [0, 0.1) is 26.7 Å². The van der Waals surface area contributed by atoms with Crippen molar-refractivity contribution in [3.05, 3.63) is 28.8 Å². The highest BCUT2D eigenvalue weighted by Gasteiger charge is 2.26. The van der Waals surface area contributed by atoms with E-state index in [4.69, 9.17) is 4.74 Å². The molecule has 0 radical (unpaired) electrons. The van der Waals surface area contributed by atoms with Gasteiger partial charge in [-0.25, -0.2) is 17.9 Å². The van der Waals surface area contributed by atoms with Crippen LogP contribution in [-0.4, -0.2) is 46.2 Å². The number of hydrogen-bond donors (Lipinski definition) is 1. The normalized spacial score (nSPS) is 16.2. The fourth-order valence-electron chi connectivity index (χ4n) is 3.34. The standard InChI is InChI=1S/C17H26N2O4S/c1-12-9-13(2)16(14(3)10-12)24(21,22)18-11-15-5-7-19(8-6-15)17(20)23-4/h9-10,15,18H,5-8,11H2,1-4H3. The molecule has 0 aliphatic carbocycles. The van der Waals surface area contributed by atoms with E-state index < -0.39 is 10.0 Å². The van der Waals surface area contributed by atoms with E-state index in [1.807, 2.05) is 32.9 Å². The van der Waals surface area contributed by atoms with Crippen LogP contribution in [0.5, 0.6) is 0 Å². The van der Waals surface area contributed by atoms with Crippen molar-refractivity contribution in [2.45, 2.75) is 38.5 Å². The lowest BCUT2D eigenvalue weighted by Crippen LogP contribution is -2.41. The molecule has 24 heavy (non-hydrogen) atoms. The Morgan fingerprint density at radius 2 is 1.75 bits per heavy atom. The van der Waals surface area contributed by atoms with Crippen LogP contribution in [0.4, 0.5) is 4.79 Å². The molecule has 2 rings (SSSR count). The molecule has 1 aromatic carbocycles. The molecule has 134 valence electrons. The van der Waals surface area contributed by atoms with Crippen LogP contribution in [0.25, 0.3) is 0 Å². The third kappa shape index (κ3) is 4.27. The number of carbonyl (C=O) groups excluding carboxylic acids is 1. The largest absolute Gasteiger partial charge is 0.453 e. The van der Waals surface area contributed by atoms with Gasteiger partial charge in [-0.3, -0.25) is 0 Å². The molecular formula is C17H26N2O4S. The zero-order valence-corrected chi connectivity index (χ0v) is 15.6. The van der Waals surface area contributed by atoms with Gasteiger partial charge in [-0.15, -0.1) is 0 Å². The van der Waals surface area contributed by atoms with Crippen molar-refractivity contribution in [3.63, 3.8) is 0 Å². The lowest BCUT2D eigenvalue weighted by Gasteiger charge is -2.31. The van der Waals surface area contributed by atoms with E-state index in [1.54, 1.807) is 4.90 Å². The molecule has 0 spiro atoms. The van der Waals surface area contributed by atoms with Crippen LogP contribution < -0.4 is 4.72 Å². The molecule has 1 aromatic rings. The SMILES string of the molecule is COC(=O)N1CCC(CNS(=O)(=O)c2c(C)cc(C)cc2C)CC1. The second kappa shape index (κ2) is 7.53. The lowest BCUT2D eigenvalue weighted by atomic mass is 9.97. The molecule has 0 aromatic heterocycles. The van der Waals surface area contributed by atoms with Gasteiger partial charge in [0.05, 0.1) is 12.0 Å². The highest BCUT2D eigenvalue weighted by atomic mass is 32.2. The summed E-state index contributed by atoms with van der Waals surface area (Å²) < 4.78 is 32.8. The van der Waals surface area contributed by atoms with Crippen LogP contribution in [0.3, 0.4) is 0 Å². The maximum atomic E-state index is 12.7. The number of benzene rings is 1. The number of rotatable bonds is 4. The van der Waals surface area contributed by atoms with Gasteiger partial charge in [0.15, 0.2) is 0 Å². The summed E-state index contributed by atoms with van der Waals surface area (Å²) >= 11 is 0. The van der Waals surface area contributed by atoms with Gasteiger partial charge < -0.3 is 9.64 Å². The Labute approximate surface area is 144 Å². The summed E-state index contributed by atoms with van der Waals surface area (Å²) in [6.45, 7) is 7.19. The first kappa shape index (κ1) is 18.7. The number of methoxy groups -OCH3 is 1. The van der Waals surface area contributed by atoms with Crippen LogP contribution >= 0.6 is 0 Å². The number of hydrogen-bond acceptors (Lipinski definition) is 4. The van der Waals surface area contributed by atoms with Gasteiger partial charge in [0.25, 0.3) is 0 Å². The zero-order chi connectivity index (χ0) is 17.9. The zero-order valence-electron chi connectivity index (χ0n) is 14.8. The van der Waals surface area contributed by atoms with Crippen LogP contribution in [-0.2, 0) is 14.8 Å². The highest BCUT2D eigenvalue weighted by molar-refractivity contribution is 7.89. The Hall–Kier alpha value is -1.60. The van der Waals surface area contributed by atoms with Gasteiger partial charge >= 0.3 is 6.09 Å². The number of nitrogens with one attached hydrogen (secondary N) is 1. The Morgan fingerprint density at radius 1 is 1.21 bits per heavy atom. The van der Waals surface area contributed by atoms with Crippen LogP contribution in [0.15, 0.2) is 17.0 Å². The van der Waals surface area contributed by atoms with E-state index in [0.717, 1.165) is 29.5 Å². The highest BCUT2D eigenvalue weighted by Crippen LogP contribution is 2.23. The summed E-state index contributed by atoms with van der Waals surface area (Å²) in [6.07, 6.45) is 1.22. The summed E-state index contributed by atoms with van der Waals surface area (Å²) in [6, 6.07) is 3.77. The van der Waals surface area contributed by atoms with Gasteiger partial charge in [-0.05, 0) is 50.7 Å². The molecule has 1 N–H and O–H groups in total. The minimum absolute atomic E-state index is 0.228. The third-order valence-corrected chi connectivity index (χ3v) is 6.21. The molecule has 1 amide bonds. The number of aryl methyl sites for hydroxylation is 3. The average Bonchev–Trinajstić information content (AvgIpc) is 2.51. The fourth-order valence-corrected chi connectivity index (χ4v) is 4.90. The predicted molar refractivity (Wildman–Crippen MR) is 92.5 cm³/mol. The molecule has 0 atom stereocenters. The second-order valence-corrected chi connectivity index (χ2v) is 8.18. The molecule has 0 bridgehead atoms.